The third-order valence-corrected chi connectivity index (χ3v) is 4.22. The summed E-state index contributed by atoms with van der Waals surface area (Å²) in [6, 6.07) is 11.5. The highest BCUT2D eigenvalue weighted by atomic mass is 32.2. The van der Waals surface area contributed by atoms with Gasteiger partial charge in [0.15, 0.2) is 0 Å². The van der Waals surface area contributed by atoms with E-state index in [1.807, 2.05) is 37.3 Å². The minimum Gasteiger partial charge on any atom is -0.268 e. The highest BCUT2D eigenvalue weighted by molar-refractivity contribution is 8.18. The molecule has 0 saturated carbocycles. The summed E-state index contributed by atoms with van der Waals surface area (Å²) in [6.07, 6.45) is 5.03. The molecule has 0 spiro atoms. The summed E-state index contributed by atoms with van der Waals surface area (Å²) < 4.78 is 0. The van der Waals surface area contributed by atoms with Crippen molar-refractivity contribution in [3.05, 3.63) is 70.4 Å². The molecule has 0 aliphatic carbocycles. The highest BCUT2D eigenvalue weighted by Gasteiger charge is 2.34. The smallest absolute Gasteiger partial charge is 0.268 e. The van der Waals surface area contributed by atoms with E-state index in [1.165, 1.54) is 4.90 Å². The molecule has 2 aromatic rings. The molecule has 0 N–H and O–H groups in total. The molecule has 1 fully saturated rings. The van der Waals surface area contributed by atoms with Gasteiger partial charge in [0.2, 0.25) is 0 Å². The van der Waals surface area contributed by atoms with Crippen LogP contribution in [0.2, 0.25) is 0 Å². The van der Waals surface area contributed by atoms with E-state index in [9.17, 15) is 9.59 Å². The van der Waals surface area contributed by atoms with Gasteiger partial charge in [0.05, 0.1) is 11.4 Å². The molecule has 5 heteroatoms. The fourth-order valence-corrected chi connectivity index (χ4v) is 2.96. The summed E-state index contributed by atoms with van der Waals surface area (Å²) in [7, 11) is 0. The number of nitrogens with zero attached hydrogens (tertiary/aromatic N) is 2. The van der Waals surface area contributed by atoms with Crippen molar-refractivity contribution in [3.8, 4) is 0 Å². The predicted molar refractivity (Wildman–Crippen MR) is 86.9 cm³/mol. The van der Waals surface area contributed by atoms with Crippen LogP contribution >= 0.6 is 11.8 Å². The first-order valence-electron chi connectivity index (χ1n) is 6.84. The number of benzene rings is 1. The molecule has 0 atom stereocenters. The number of pyridine rings is 1. The van der Waals surface area contributed by atoms with E-state index in [1.54, 1.807) is 24.5 Å². The third-order valence-electron chi connectivity index (χ3n) is 3.32. The molecule has 0 radical (unpaired) electrons. The molecule has 1 aliphatic rings. The fraction of sp³-hybridized carbons (Fsp3) is 0.118. The van der Waals surface area contributed by atoms with Gasteiger partial charge in [-0.2, -0.15) is 0 Å². The molecule has 3 rings (SSSR count). The van der Waals surface area contributed by atoms with Crippen molar-refractivity contribution >= 4 is 29.0 Å². The Labute approximate surface area is 132 Å². The molecule has 2 heterocycles. The molecule has 22 heavy (non-hydrogen) atoms. The maximum absolute atomic E-state index is 12.4. The zero-order valence-corrected chi connectivity index (χ0v) is 12.8. The van der Waals surface area contributed by atoms with Crippen LogP contribution in [0.5, 0.6) is 0 Å². The number of hydrogen-bond donors (Lipinski definition) is 0. The lowest BCUT2D eigenvalue weighted by molar-refractivity contribution is -0.123. The summed E-state index contributed by atoms with van der Waals surface area (Å²) in [5.74, 6) is -0.251. The van der Waals surface area contributed by atoms with Crippen molar-refractivity contribution in [2.75, 3.05) is 0 Å². The molecule has 2 amide bonds. The van der Waals surface area contributed by atoms with Crippen LogP contribution in [0.1, 0.15) is 16.7 Å². The Kier molecular flexibility index (Phi) is 4.06. The number of aryl methyl sites for hydroxylation is 1. The minimum atomic E-state index is -0.251. The number of thioether (sulfide) groups is 1. The number of amides is 2. The van der Waals surface area contributed by atoms with Gasteiger partial charge in [-0.1, -0.05) is 35.9 Å². The van der Waals surface area contributed by atoms with E-state index in [2.05, 4.69) is 4.98 Å². The van der Waals surface area contributed by atoms with Crippen LogP contribution in [-0.2, 0) is 11.3 Å². The molecule has 0 bridgehead atoms. The van der Waals surface area contributed by atoms with E-state index in [4.69, 9.17) is 0 Å². The first-order valence-corrected chi connectivity index (χ1v) is 7.66. The molecule has 1 saturated heterocycles. The first kappa shape index (κ1) is 14.5. The Hall–Kier alpha value is -2.40. The molecule has 1 aromatic heterocycles. The molecule has 0 unspecified atom stereocenters. The summed E-state index contributed by atoms with van der Waals surface area (Å²) in [5.41, 5.74) is 2.90. The lowest BCUT2D eigenvalue weighted by atomic mass is 10.1. The van der Waals surface area contributed by atoms with Crippen LogP contribution in [0, 0.1) is 6.92 Å². The maximum atomic E-state index is 12.4. The van der Waals surface area contributed by atoms with Crippen molar-refractivity contribution in [2.24, 2.45) is 0 Å². The fourth-order valence-electron chi connectivity index (χ4n) is 2.13. The van der Waals surface area contributed by atoms with Crippen LogP contribution in [0.3, 0.4) is 0 Å². The summed E-state index contributed by atoms with van der Waals surface area (Å²) >= 11 is 0.970. The average Bonchev–Trinajstić information content (AvgIpc) is 2.78. The zero-order valence-electron chi connectivity index (χ0n) is 12.0. The number of aromatic nitrogens is 1. The summed E-state index contributed by atoms with van der Waals surface area (Å²) in [6.45, 7) is 2.30. The van der Waals surface area contributed by atoms with E-state index in [0.29, 0.717) is 11.4 Å². The van der Waals surface area contributed by atoms with Gasteiger partial charge in [-0.05, 0) is 42.0 Å². The van der Waals surface area contributed by atoms with Crippen LogP contribution < -0.4 is 0 Å². The van der Waals surface area contributed by atoms with Crippen molar-refractivity contribution in [3.63, 3.8) is 0 Å². The molecule has 1 aliphatic heterocycles. The lowest BCUT2D eigenvalue weighted by Gasteiger charge is -2.12. The molecular formula is C17H14N2O2S. The van der Waals surface area contributed by atoms with Crippen LogP contribution in [0.4, 0.5) is 4.79 Å². The predicted octanol–water partition coefficient (Wildman–Crippen LogP) is 3.63. The third kappa shape index (κ3) is 3.09. The van der Waals surface area contributed by atoms with E-state index >= 15 is 0 Å². The van der Waals surface area contributed by atoms with Gasteiger partial charge in [0.25, 0.3) is 11.1 Å². The Morgan fingerprint density at radius 3 is 2.64 bits per heavy atom. The van der Waals surface area contributed by atoms with Crippen LogP contribution in [-0.4, -0.2) is 21.0 Å². The second-order valence-corrected chi connectivity index (χ2v) is 6.03. The molecule has 4 nitrogen and oxygen atoms in total. The van der Waals surface area contributed by atoms with Crippen LogP contribution in [0.15, 0.2) is 53.7 Å². The number of rotatable bonds is 3. The van der Waals surface area contributed by atoms with Gasteiger partial charge in [0.1, 0.15) is 0 Å². The summed E-state index contributed by atoms with van der Waals surface area (Å²) in [5, 5.41) is -0.235. The Morgan fingerprint density at radius 1 is 1.18 bits per heavy atom. The van der Waals surface area contributed by atoms with Gasteiger partial charge >= 0.3 is 0 Å². The number of carbonyl (C=O) groups is 2. The van der Waals surface area contributed by atoms with E-state index in [0.717, 1.165) is 28.5 Å². The maximum Gasteiger partial charge on any atom is 0.293 e. The average molecular weight is 310 g/mol. The first-order chi connectivity index (χ1) is 10.6. The van der Waals surface area contributed by atoms with E-state index < -0.39 is 0 Å². The SMILES string of the molecule is Cc1ccc(CN2C(=O)S/C(=C\c3cccnc3)C2=O)cc1. The van der Waals surface area contributed by atoms with Gasteiger partial charge < -0.3 is 0 Å². The zero-order chi connectivity index (χ0) is 15.5. The van der Waals surface area contributed by atoms with Crippen molar-refractivity contribution in [1.29, 1.82) is 0 Å². The quantitative estimate of drug-likeness (QED) is 0.812. The van der Waals surface area contributed by atoms with Gasteiger partial charge in [0, 0.05) is 12.4 Å². The monoisotopic (exact) mass is 310 g/mol. The summed E-state index contributed by atoms with van der Waals surface area (Å²) in [4.78, 5) is 30.2. The minimum absolute atomic E-state index is 0.235. The lowest BCUT2D eigenvalue weighted by Crippen LogP contribution is -2.27. The van der Waals surface area contributed by atoms with Crippen molar-refractivity contribution in [2.45, 2.75) is 13.5 Å². The van der Waals surface area contributed by atoms with Gasteiger partial charge in [-0.25, -0.2) is 0 Å². The molecule has 1 aromatic carbocycles. The second-order valence-electron chi connectivity index (χ2n) is 5.04. The standard InChI is InChI=1S/C17H14N2O2S/c1-12-4-6-13(7-5-12)11-19-16(20)15(22-17(19)21)9-14-3-2-8-18-10-14/h2-10H,11H2,1H3/b15-9-. The Morgan fingerprint density at radius 2 is 1.95 bits per heavy atom. The Balaban J connectivity index is 1.80. The Bertz CT molecular complexity index is 739. The highest BCUT2D eigenvalue weighted by Crippen LogP contribution is 2.33. The normalized spacial score (nSPS) is 16.6. The van der Waals surface area contributed by atoms with Crippen LogP contribution in [0.25, 0.3) is 6.08 Å². The number of imide groups is 1. The largest absolute Gasteiger partial charge is 0.293 e. The van der Waals surface area contributed by atoms with Gasteiger partial charge in [-0.3, -0.25) is 19.5 Å². The number of hydrogen-bond acceptors (Lipinski definition) is 4. The molecule has 110 valence electrons. The van der Waals surface area contributed by atoms with Crippen molar-refractivity contribution in [1.82, 2.24) is 9.88 Å². The topological polar surface area (TPSA) is 50.3 Å². The van der Waals surface area contributed by atoms with Gasteiger partial charge in [-0.15, -0.1) is 0 Å². The molecular weight excluding hydrogens is 296 g/mol. The number of carbonyl (C=O) groups excluding carboxylic acids is 2. The second kappa shape index (κ2) is 6.15. The van der Waals surface area contributed by atoms with Crippen molar-refractivity contribution < 1.29 is 9.59 Å². The van der Waals surface area contributed by atoms with E-state index in [-0.39, 0.29) is 11.1 Å².